The van der Waals surface area contributed by atoms with Crippen molar-refractivity contribution in [2.45, 2.75) is 6.18 Å². The Bertz CT molecular complexity index is 519. The van der Waals surface area contributed by atoms with Gasteiger partial charge in [0, 0.05) is 11.8 Å². The Balaban J connectivity index is 2.82. The second-order valence-corrected chi connectivity index (χ2v) is 4.03. The van der Waals surface area contributed by atoms with Crippen LogP contribution in [0, 0.1) is 0 Å². The van der Waals surface area contributed by atoms with Crippen molar-refractivity contribution >= 4 is 17.7 Å². The first-order chi connectivity index (χ1) is 9.71. The van der Waals surface area contributed by atoms with Gasteiger partial charge in [-0.25, -0.2) is 4.79 Å². The fourth-order valence-electron chi connectivity index (χ4n) is 1.48. The van der Waals surface area contributed by atoms with E-state index in [9.17, 15) is 22.8 Å². The van der Waals surface area contributed by atoms with E-state index in [0.29, 0.717) is 5.75 Å². The number of methoxy groups -OCH3 is 1. The quantitative estimate of drug-likeness (QED) is 0.874. The highest BCUT2D eigenvalue weighted by atomic mass is 19.4. The predicted octanol–water partition coefficient (Wildman–Crippen LogP) is 2.18. The van der Waals surface area contributed by atoms with Crippen molar-refractivity contribution in [1.82, 2.24) is 4.90 Å². The maximum Gasteiger partial charge on any atom is 0.406 e. The highest BCUT2D eigenvalue weighted by molar-refractivity contribution is 5.91. The third-order valence-electron chi connectivity index (χ3n) is 2.30. The number of urea groups is 1. The van der Waals surface area contributed by atoms with Gasteiger partial charge in [0.25, 0.3) is 0 Å². The van der Waals surface area contributed by atoms with Crippen LogP contribution in [0.3, 0.4) is 0 Å². The first-order valence-electron chi connectivity index (χ1n) is 5.70. The number of nitrogens with one attached hydrogen (secondary N) is 1. The van der Waals surface area contributed by atoms with Crippen molar-refractivity contribution in [1.29, 1.82) is 0 Å². The van der Waals surface area contributed by atoms with Crippen LogP contribution >= 0.6 is 0 Å². The molecular weight excluding hydrogens is 293 g/mol. The number of anilines is 1. The van der Waals surface area contributed by atoms with Gasteiger partial charge in [-0.3, -0.25) is 4.79 Å². The van der Waals surface area contributed by atoms with Gasteiger partial charge in [0.15, 0.2) is 0 Å². The van der Waals surface area contributed by atoms with Gasteiger partial charge in [-0.05, 0) is 12.1 Å². The summed E-state index contributed by atoms with van der Waals surface area (Å²) in [5.41, 5.74) is 0.192. The molecule has 0 spiro atoms. The molecule has 2 amide bonds. The second-order valence-electron chi connectivity index (χ2n) is 4.03. The summed E-state index contributed by atoms with van der Waals surface area (Å²) < 4.78 is 41.9. The molecule has 0 aromatic heterocycles. The minimum atomic E-state index is -4.69. The van der Waals surface area contributed by atoms with Crippen molar-refractivity contribution in [3.8, 4) is 5.75 Å². The molecule has 0 unspecified atom stereocenters. The first kappa shape index (κ1) is 16.6. The SMILES string of the molecule is COc1cccc(NC(=O)N(CC(=O)O)CC(F)(F)F)c1. The van der Waals surface area contributed by atoms with E-state index < -0.39 is 31.3 Å². The zero-order valence-corrected chi connectivity index (χ0v) is 11.0. The van der Waals surface area contributed by atoms with Crippen LogP contribution in [0.4, 0.5) is 23.7 Å². The second kappa shape index (κ2) is 6.82. The van der Waals surface area contributed by atoms with E-state index >= 15 is 0 Å². The number of hydrogen-bond acceptors (Lipinski definition) is 3. The topological polar surface area (TPSA) is 78.9 Å². The lowest BCUT2D eigenvalue weighted by molar-refractivity contribution is -0.148. The van der Waals surface area contributed by atoms with Gasteiger partial charge in [-0.1, -0.05) is 6.07 Å². The Morgan fingerprint density at radius 3 is 2.57 bits per heavy atom. The first-order valence-corrected chi connectivity index (χ1v) is 5.70. The van der Waals surface area contributed by atoms with Gasteiger partial charge in [0.05, 0.1) is 7.11 Å². The molecule has 1 aromatic rings. The summed E-state index contributed by atoms with van der Waals surface area (Å²) in [6.45, 7) is -2.72. The van der Waals surface area contributed by atoms with E-state index in [4.69, 9.17) is 9.84 Å². The molecule has 0 heterocycles. The minimum Gasteiger partial charge on any atom is -0.497 e. The summed E-state index contributed by atoms with van der Waals surface area (Å²) in [5.74, 6) is -1.14. The van der Waals surface area contributed by atoms with Crippen LogP contribution in [-0.4, -0.2) is 48.4 Å². The molecule has 0 atom stereocenters. The Morgan fingerprint density at radius 1 is 1.38 bits per heavy atom. The smallest absolute Gasteiger partial charge is 0.406 e. The molecule has 0 radical (unpaired) electrons. The maximum absolute atomic E-state index is 12.3. The number of carboxylic acids is 1. The number of aliphatic carboxylic acids is 1. The van der Waals surface area contributed by atoms with E-state index in [-0.39, 0.29) is 10.6 Å². The predicted molar refractivity (Wildman–Crippen MR) is 67.3 cm³/mol. The molecule has 21 heavy (non-hydrogen) atoms. The standard InChI is InChI=1S/C12H13F3N2O4/c1-21-9-4-2-3-8(5-9)16-11(20)17(6-10(18)19)7-12(13,14)15/h2-5H,6-7H2,1H3,(H,16,20)(H,18,19). The molecule has 0 fully saturated rings. The van der Waals surface area contributed by atoms with Crippen LogP contribution in [0.25, 0.3) is 0 Å². The number of carboxylic acid groups (broad SMARTS) is 1. The number of amides is 2. The van der Waals surface area contributed by atoms with Gasteiger partial charge >= 0.3 is 18.2 Å². The Hall–Kier alpha value is -2.45. The Kier molecular flexibility index (Phi) is 5.39. The van der Waals surface area contributed by atoms with Crippen LogP contribution in [0.5, 0.6) is 5.75 Å². The molecule has 0 saturated heterocycles. The molecule has 6 nitrogen and oxygen atoms in total. The number of rotatable bonds is 5. The molecule has 1 aromatic carbocycles. The largest absolute Gasteiger partial charge is 0.497 e. The number of hydrogen-bond donors (Lipinski definition) is 2. The summed E-state index contributed by atoms with van der Waals surface area (Å²) in [6.07, 6.45) is -4.69. The molecule has 116 valence electrons. The minimum absolute atomic E-state index is 0.155. The van der Waals surface area contributed by atoms with Crippen LogP contribution in [0.15, 0.2) is 24.3 Å². The summed E-state index contributed by atoms with van der Waals surface area (Å²) in [4.78, 5) is 22.4. The molecule has 0 saturated carbocycles. The van der Waals surface area contributed by atoms with E-state index in [1.165, 1.54) is 25.3 Å². The van der Waals surface area contributed by atoms with Crippen LogP contribution in [-0.2, 0) is 4.79 Å². The molecule has 0 aliphatic rings. The number of nitrogens with zero attached hydrogens (tertiary/aromatic N) is 1. The summed E-state index contributed by atoms with van der Waals surface area (Å²) in [6, 6.07) is 4.78. The lowest BCUT2D eigenvalue weighted by Crippen LogP contribution is -2.44. The molecule has 2 N–H and O–H groups in total. The lowest BCUT2D eigenvalue weighted by Gasteiger charge is -2.22. The monoisotopic (exact) mass is 306 g/mol. The number of halogens is 3. The number of carbonyl (C=O) groups is 2. The number of alkyl halides is 3. The molecule has 9 heteroatoms. The number of benzene rings is 1. The number of carbonyl (C=O) groups excluding carboxylic acids is 1. The van der Waals surface area contributed by atoms with Crippen LogP contribution < -0.4 is 10.1 Å². The van der Waals surface area contributed by atoms with Crippen molar-refractivity contribution in [2.75, 3.05) is 25.5 Å². The van der Waals surface area contributed by atoms with Gasteiger partial charge in [0.1, 0.15) is 18.8 Å². The van der Waals surface area contributed by atoms with Gasteiger partial charge in [-0.15, -0.1) is 0 Å². The highest BCUT2D eigenvalue weighted by Crippen LogP contribution is 2.19. The van der Waals surface area contributed by atoms with E-state index in [0.717, 1.165) is 0 Å². The Morgan fingerprint density at radius 2 is 2.05 bits per heavy atom. The van der Waals surface area contributed by atoms with Crippen molar-refractivity contribution < 1.29 is 32.6 Å². The summed E-state index contributed by atoms with van der Waals surface area (Å²) in [5, 5.41) is 10.8. The zero-order valence-electron chi connectivity index (χ0n) is 11.0. The fourth-order valence-corrected chi connectivity index (χ4v) is 1.48. The van der Waals surface area contributed by atoms with Crippen molar-refractivity contribution in [3.05, 3.63) is 24.3 Å². The van der Waals surface area contributed by atoms with E-state index in [2.05, 4.69) is 5.32 Å². The molecule has 0 aliphatic heterocycles. The van der Waals surface area contributed by atoms with Gasteiger partial charge in [-0.2, -0.15) is 13.2 Å². The number of ether oxygens (including phenoxy) is 1. The van der Waals surface area contributed by atoms with E-state index in [1.54, 1.807) is 6.07 Å². The zero-order chi connectivity index (χ0) is 16.0. The van der Waals surface area contributed by atoms with Crippen LogP contribution in [0.1, 0.15) is 0 Å². The Labute approximate surface area is 118 Å². The van der Waals surface area contributed by atoms with Gasteiger partial charge in [0.2, 0.25) is 0 Å². The normalized spacial score (nSPS) is 10.9. The summed E-state index contributed by atoms with van der Waals surface area (Å²) >= 11 is 0. The average Bonchev–Trinajstić information content (AvgIpc) is 2.36. The highest BCUT2D eigenvalue weighted by Gasteiger charge is 2.34. The fraction of sp³-hybridized carbons (Fsp3) is 0.333. The van der Waals surface area contributed by atoms with Crippen LogP contribution in [0.2, 0.25) is 0 Å². The maximum atomic E-state index is 12.3. The molecular formula is C12H13F3N2O4. The van der Waals surface area contributed by atoms with Gasteiger partial charge < -0.3 is 20.1 Å². The third-order valence-corrected chi connectivity index (χ3v) is 2.30. The molecule has 0 aliphatic carbocycles. The van der Waals surface area contributed by atoms with Crippen molar-refractivity contribution in [2.24, 2.45) is 0 Å². The average molecular weight is 306 g/mol. The summed E-state index contributed by atoms with van der Waals surface area (Å²) in [7, 11) is 1.39. The third kappa shape index (κ3) is 6.02. The van der Waals surface area contributed by atoms with Crippen molar-refractivity contribution in [3.63, 3.8) is 0 Å². The lowest BCUT2D eigenvalue weighted by atomic mass is 10.3. The molecule has 0 bridgehead atoms. The molecule has 1 rings (SSSR count). The van der Waals surface area contributed by atoms with E-state index in [1.807, 2.05) is 0 Å².